The van der Waals surface area contributed by atoms with Gasteiger partial charge in [0.05, 0.1) is 13.2 Å². The number of hydrogen-bond donors (Lipinski definition) is 0. The van der Waals surface area contributed by atoms with Gasteiger partial charge < -0.3 is 4.74 Å². The van der Waals surface area contributed by atoms with Crippen molar-refractivity contribution in [3.05, 3.63) is 22.9 Å². The minimum Gasteiger partial charge on any atom is -0.383 e. The van der Waals surface area contributed by atoms with Crippen LogP contribution in [-0.4, -0.2) is 22.9 Å². The average Bonchev–Trinajstić information content (AvgIpc) is 2.46. The van der Waals surface area contributed by atoms with Gasteiger partial charge in [-0.15, -0.1) is 0 Å². The summed E-state index contributed by atoms with van der Waals surface area (Å²) in [5.74, 6) is 0. The van der Waals surface area contributed by atoms with Crippen molar-refractivity contribution in [3.63, 3.8) is 0 Å². The Morgan fingerprint density at radius 2 is 1.92 bits per heavy atom. The second-order valence-electron chi connectivity index (χ2n) is 2.96. The molecule has 0 saturated heterocycles. The van der Waals surface area contributed by atoms with Crippen LogP contribution in [0.3, 0.4) is 0 Å². The Bertz CT molecular complexity index is 301. The molecule has 4 heteroatoms. The van der Waals surface area contributed by atoms with Crippen molar-refractivity contribution < 1.29 is 4.74 Å². The summed E-state index contributed by atoms with van der Waals surface area (Å²) < 4.78 is 8.28. The van der Waals surface area contributed by atoms with Crippen LogP contribution in [0.15, 0.2) is 17.2 Å². The van der Waals surface area contributed by atoms with Crippen molar-refractivity contribution in [3.8, 4) is 0 Å². The molecule has 0 amide bonds. The number of methoxy groups -OCH3 is 1. The van der Waals surface area contributed by atoms with Crippen LogP contribution in [0.25, 0.3) is 0 Å². The minimum absolute atomic E-state index is 0.0545. The first kappa shape index (κ1) is 10.1. The molecule has 13 heavy (non-hydrogen) atoms. The third-order valence-electron chi connectivity index (χ3n) is 1.92. The van der Waals surface area contributed by atoms with Crippen LogP contribution in [0.4, 0.5) is 0 Å². The van der Waals surface area contributed by atoms with Crippen molar-refractivity contribution in [2.24, 2.45) is 0 Å². The first-order valence-corrected chi connectivity index (χ1v) is 4.54. The maximum Gasteiger partial charge on any atom is 0.328 e. The summed E-state index contributed by atoms with van der Waals surface area (Å²) in [6.45, 7) is 4.06. The number of aromatic nitrogens is 2. The highest BCUT2D eigenvalue weighted by Crippen LogP contribution is 1.88. The third kappa shape index (κ3) is 2.45. The van der Waals surface area contributed by atoms with Gasteiger partial charge in [0.1, 0.15) is 0 Å². The van der Waals surface area contributed by atoms with Crippen LogP contribution in [0, 0.1) is 0 Å². The predicted octanol–water partition coefficient (Wildman–Crippen LogP) is 0.706. The van der Waals surface area contributed by atoms with Gasteiger partial charge in [0.2, 0.25) is 0 Å². The van der Waals surface area contributed by atoms with E-state index < -0.39 is 0 Å². The van der Waals surface area contributed by atoms with Crippen LogP contribution in [0.1, 0.15) is 13.3 Å². The van der Waals surface area contributed by atoms with Crippen LogP contribution < -0.4 is 5.69 Å². The Hall–Kier alpha value is -1.03. The lowest BCUT2D eigenvalue weighted by Crippen LogP contribution is -2.25. The van der Waals surface area contributed by atoms with Crippen LogP contribution in [0.5, 0.6) is 0 Å². The van der Waals surface area contributed by atoms with Crippen molar-refractivity contribution in [1.82, 2.24) is 9.13 Å². The molecule has 0 aliphatic rings. The predicted molar refractivity (Wildman–Crippen MR) is 50.9 cm³/mol. The molecule has 0 radical (unpaired) electrons. The molecule has 0 N–H and O–H groups in total. The summed E-state index contributed by atoms with van der Waals surface area (Å²) in [5, 5.41) is 0. The quantitative estimate of drug-likeness (QED) is 0.675. The summed E-state index contributed by atoms with van der Waals surface area (Å²) in [4.78, 5) is 11.5. The van der Waals surface area contributed by atoms with Gasteiger partial charge in [-0.3, -0.25) is 9.13 Å². The summed E-state index contributed by atoms with van der Waals surface area (Å²) in [5.41, 5.74) is 0.0545. The van der Waals surface area contributed by atoms with Gasteiger partial charge in [0.25, 0.3) is 0 Å². The molecule has 0 spiro atoms. The molecule has 1 aromatic rings. The number of rotatable bonds is 5. The van der Waals surface area contributed by atoms with Crippen molar-refractivity contribution in [2.45, 2.75) is 26.4 Å². The van der Waals surface area contributed by atoms with Crippen LogP contribution >= 0.6 is 0 Å². The van der Waals surface area contributed by atoms with E-state index in [1.54, 1.807) is 22.4 Å². The molecule has 1 heterocycles. The summed E-state index contributed by atoms with van der Waals surface area (Å²) in [6, 6.07) is 0. The number of hydrogen-bond acceptors (Lipinski definition) is 2. The van der Waals surface area contributed by atoms with E-state index in [-0.39, 0.29) is 5.69 Å². The van der Waals surface area contributed by atoms with Gasteiger partial charge in [0.15, 0.2) is 0 Å². The molecule has 0 bridgehead atoms. The van der Waals surface area contributed by atoms with E-state index in [0.717, 1.165) is 13.0 Å². The molecule has 0 aliphatic carbocycles. The van der Waals surface area contributed by atoms with E-state index in [0.29, 0.717) is 13.2 Å². The Labute approximate surface area is 77.7 Å². The van der Waals surface area contributed by atoms with Crippen LogP contribution in [0.2, 0.25) is 0 Å². The zero-order chi connectivity index (χ0) is 9.68. The Balaban J connectivity index is 2.69. The maximum atomic E-state index is 11.5. The number of ether oxygens (including phenoxy) is 1. The molecule has 0 saturated carbocycles. The van der Waals surface area contributed by atoms with E-state index >= 15 is 0 Å². The molecule has 1 aromatic heterocycles. The first-order valence-electron chi connectivity index (χ1n) is 4.54. The van der Waals surface area contributed by atoms with E-state index in [4.69, 9.17) is 4.74 Å². The second-order valence-corrected chi connectivity index (χ2v) is 2.96. The van der Waals surface area contributed by atoms with E-state index in [9.17, 15) is 4.79 Å². The van der Waals surface area contributed by atoms with Gasteiger partial charge in [-0.1, -0.05) is 6.92 Å². The molecule has 0 atom stereocenters. The van der Waals surface area contributed by atoms with Crippen molar-refractivity contribution in [2.75, 3.05) is 13.7 Å². The van der Waals surface area contributed by atoms with Crippen LogP contribution in [-0.2, 0) is 17.8 Å². The lowest BCUT2D eigenvalue weighted by atomic mass is 10.5. The van der Waals surface area contributed by atoms with Gasteiger partial charge >= 0.3 is 5.69 Å². The van der Waals surface area contributed by atoms with Crippen molar-refractivity contribution >= 4 is 0 Å². The number of nitrogens with zero attached hydrogens (tertiary/aromatic N) is 2. The molecule has 1 rings (SSSR count). The maximum absolute atomic E-state index is 11.5. The average molecular weight is 184 g/mol. The van der Waals surface area contributed by atoms with Gasteiger partial charge in [-0.2, -0.15) is 0 Å². The number of imidazole rings is 1. The largest absolute Gasteiger partial charge is 0.383 e. The monoisotopic (exact) mass is 184 g/mol. The SMILES string of the molecule is CCCn1ccn(CCOC)c1=O. The molecule has 0 fully saturated rings. The van der Waals surface area contributed by atoms with Gasteiger partial charge in [-0.25, -0.2) is 4.79 Å². The zero-order valence-electron chi connectivity index (χ0n) is 8.19. The molecular weight excluding hydrogens is 168 g/mol. The molecule has 74 valence electrons. The molecule has 0 aliphatic heterocycles. The fraction of sp³-hybridized carbons (Fsp3) is 0.667. The molecular formula is C9H16N2O2. The van der Waals surface area contributed by atoms with Gasteiger partial charge in [0, 0.05) is 26.0 Å². The smallest absolute Gasteiger partial charge is 0.328 e. The topological polar surface area (TPSA) is 36.2 Å². The first-order chi connectivity index (χ1) is 6.29. The standard InChI is InChI=1S/C9H16N2O2/c1-3-4-10-5-6-11(9(10)12)7-8-13-2/h5-6H,3-4,7-8H2,1-2H3. The molecule has 0 unspecified atom stereocenters. The highest BCUT2D eigenvalue weighted by molar-refractivity contribution is 4.81. The van der Waals surface area contributed by atoms with E-state index in [2.05, 4.69) is 6.92 Å². The Kier molecular flexibility index (Phi) is 3.76. The third-order valence-corrected chi connectivity index (χ3v) is 1.92. The lowest BCUT2D eigenvalue weighted by molar-refractivity contribution is 0.186. The van der Waals surface area contributed by atoms with E-state index in [1.807, 2.05) is 6.20 Å². The highest BCUT2D eigenvalue weighted by Gasteiger charge is 2.00. The molecule has 0 aromatic carbocycles. The summed E-state index contributed by atoms with van der Waals surface area (Å²) in [7, 11) is 1.63. The Morgan fingerprint density at radius 3 is 2.46 bits per heavy atom. The Morgan fingerprint density at radius 1 is 1.31 bits per heavy atom. The van der Waals surface area contributed by atoms with Crippen molar-refractivity contribution in [1.29, 1.82) is 0 Å². The molecule has 4 nitrogen and oxygen atoms in total. The fourth-order valence-corrected chi connectivity index (χ4v) is 1.22. The highest BCUT2D eigenvalue weighted by atomic mass is 16.5. The normalized spacial score (nSPS) is 10.6. The van der Waals surface area contributed by atoms with Gasteiger partial charge in [-0.05, 0) is 6.42 Å². The second kappa shape index (κ2) is 4.87. The summed E-state index contributed by atoms with van der Waals surface area (Å²) in [6.07, 6.45) is 4.60. The summed E-state index contributed by atoms with van der Waals surface area (Å²) >= 11 is 0. The van der Waals surface area contributed by atoms with E-state index in [1.165, 1.54) is 0 Å². The zero-order valence-corrected chi connectivity index (χ0v) is 8.19. The number of aryl methyl sites for hydroxylation is 1. The lowest BCUT2D eigenvalue weighted by Gasteiger charge is -1.99. The minimum atomic E-state index is 0.0545. The fourth-order valence-electron chi connectivity index (χ4n) is 1.22.